The van der Waals surface area contributed by atoms with Crippen molar-refractivity contribution in [2.75, 3.05) is 26.4 Å². The number of rotatable bonds is 14. The van der Waals surface area contributed by atoms with Crippen molar-refractivity contribution in [3.8, 4) is 0 Å². The normalized spacial score (nSPS) is 35.0. The fourth-order valence-corrected chi connectivity index (χ4v) is 8.47. The Balaban J connectivity index is 2.06. The maximum atomic E-state index is 12.5. The van der Waals surface area contributed by atoms with Crippen LogP contribution in [0.15, 0.2) is 58.7 Å². The van der Waals surface area contributed by atoms with E-state index >= 15 is 0 Å². The van der Waals surface area contributed by atoms with Gasteiger partial charge in [0.1, 0.15) is 6.29 Å². The molecule has 3 saturated carbocycles. The van der Waals surface area contributed by atoms with Crippen molar-refractivity contribution in [1.82, 2.24) is 0 Å². The molecule has 0 amide bonds. The van der Waals surface area contributed by atoms with E-state index in [0.717, 1.165) is 42.3 Å². The Morgan fingerprint density at radius 3 is 2.48 bits per heavy atom. The van der Waals surface area contributed by atoms with E-state index in [1.54, 1.807) is 0 Å². The van der Waals surface area contributed by atoms with Crippen LogP contribution in [0.2, 0.25) is 0 Å². The number of ether oxygens (including phenoxy) is 1. The van der Waals surface area contributed by atoms with Gasteiger partial charge in [-0.25, -0.2) is 0 Å². The maximum absolute atomic E-state index is 12.5. The van der Waals surface area contributed by atoms with Gasteiger partial charge >= 0.3 is 0 Å². The number of fused-ring (bicyclic) bond motifs is 1. The van der Waals surface area contributed by atoms with Gasteiger partial charge in [-0.15, -0.1) is 0 Å². The molecule has 0 aromatic carbocycles. The molecule has 0 saturated heterocycles. The molecule has 0 heterocycles. The molecule has 6 heteroatoms. The molecule has 3 fully saturated rings. The predicted molar refractivity (Wildman–Crippen MR) is 160 cm³/mol. The summed E-state index contributed by atoms with van der Waals surface area (Å²) in [6.45, 7) is 12.5. The van der Waals surface area contributed by atoms with Crippen LogP contribution in [0.5, 0.6) is 0 Å². The first-order valence-corrected chi connectivity index (χ1v) is 15.0. The van der Waals surface area contributed by atoms with Gasteiger partial charge in [0, 0.05) is 22.9 Å². The minimum absolute atomic E-state index is 0.0249. The zero-order valence-corrected chi connectivity index (χ0v) is 25.2. The van der Waals surface area contributed by atoms with Crippen LogP contribution in [0, 0.1) is 16.2 Å². The topological polar surface area (TPSA) is 107 Å². The molecular formula is C34H52O6. The zero-order chi connectivity index (χ0) is 29.6. The highest BCUT2D eigenvalue weighted by Crippen LogP contribution is 2.77. The summed E-state index contributed by atoms with van der Waals surface area (Å²) in [7, 11) is 0. The van der Waals surface area contributed by atoms with Crippen molar-refractivity contribution in [3.05, 3.63) is 58.7 Å². The number of carbonyl (C=O) groups is 1. The Morgan fingerprint density at radius 1 is 1.10 bits per heavy atom. The van der Waals surface area contributed by atoms with Crippen molar-refractivity contribution in [3.63, 3.8) is 0 Å². The molecule has 224 valence electrons. The summed E-state index contributed by atoms with van der Waals surface area (Å²) in [5.41, 5.74) is 1.88. The van der Waals surface area contributed by atoms with Gasteiger partial charge in [-0.2, -0.15) is 0 Å². The summed E-state index contributed by atoms with van der Waals surface area (Å²) in [5, 5.41) is 43.8. The van der Waals surface area contributed by atoms with Gasteiger partial charge < -0.3 is 25.2 Å². The minimum Gasteiger partial charge on any atom is -0.396 e. The highest BCUT2D eigenvalue weighted by Gasteiger charge is 2.76. The number of hydrogen-bond donors (Lipinski definition) is 4. The number of hydrogen-bond acceptors (Lipinski definition) is 6. The predicted octanol–water partition coefficient (Wildman–Crippen LogP) is 5.52. The second-order valence-electron chi connectivity index (χ2n) is 12.8. The van der Waals surface area contributed by atoms with Crippen molar-refractivity contribution in [1.29, 1.82) is 0 Å². The summed E-state index contributed by atoms with van der Waals surface area (Å²) < 4.78 is 5.85. The monoisotopic (exact) mass is 556 g/mol. The van der Waals surface area contributed by atoms with Crippen LogP contribution in [0.4, 0.5) is 0 Å². The highest BCUT2D eigenvalue weighted by atomic mass is 16.5. The molecule has 0 aromatic heterocycles. The second kappa shape index (κ2) is 13.4. The quantitative estimate of drug-likeness (QED) is 0.0738. The highest BCUT2D eigenvalue weighted by molar-refractivity contribution is 5.74. The van der Waals surface area contributed by atoms with Gasteiger partial charge in [-0.3, -0.25) is 4.79 Å². The first-order chi connectivity index (χ1) is 19.0. The van der Waals surface area contributed by atoms with Gasteiger partial charge in [0.05, 0.1) is 31.5 Å². The molecule has 6 nitrogen and oxygen atoms in total. The molecule has 3 rings (SSSR count). The van der Waals surface area contributed by atoms with Gasteiger partial charge in [0.15, 0.2) is 0 Å². The third kappa shape index (κ3) is 5.76. The third-order valence-electron chi connectivity index (χ3n) is 10.4. The van der Waals surface area contributed by atoms with E-state index in [9.17, 15) is 25.2 Å². The smallest absolute Gasteiger partial charge is 0.145 e. The molecule has 3 aliphatic rings. The molecule has 0 unspecified atom stereocenters. The lowest BCUT2D eigenvalue weighted by Crippen LogP contribution is -2.68. The van der Waals surface area contributed by atoms with Crippen LogP contribution in [0.3, 0.4) is 0 Å². The Hall–Kier alpha value is -1.83. The molecule has 0 radical (unpaired) electrons. The van der Waals surface area contributed by atoms with Gasteiger partial charge in [0.2, 0.25) is 0 Å². The van der Waals surface area contributed by atoms with Crippen LogP contribution in [0.1, 0.15) is 91.9 Å². The number of aliphatic hydroxyl groups is 4. The van der Waals surface area contributed by atoms with E-state index in [0.29, 0.717) is 50.5 Å². The molecule has 5 atom stereocenters. The molecule has 0 aliphatic heterocycles. The van der Waals surface area contributed by atoms with E-state index in [1.807, 2.05) is 32.1 Å². The van der Waals surface area contributed by atoms with E-state index in [2.05, 4.69) is 26.5 Å². The van der Waals surface area contributed by atoms with E-state index in [1.165, 1.54) is 5.57 Å². The average molecular weight is 557 g/mol. The standard InChI is InChI=1S/C34H52O6/c1-25(2)9-6-10-26(3)11-7-12-28(24-40-22-21-36)32-16-18-33(14-8-20-35)29(27(4)23-37)13-15-31(5,39)34(33,19-17-32)30(32)38/h7,9,11-12,23,30,35-36,38-39H,3,6,8,10,13-22,24H2,1-2,4-5H3/b11-7+,28-12-,29-27-/t30-,31-,32+,33-,34-/m1/s1. The van der Waals surface area contributed by atoms with Gasteiger partial charge in [-0.1, -0.05) is 47.6 Å². The summed E-state index contributed by atoms with van der Waals surface area (Å²) in [4.78, 5) is 12.0. The van der Waals surface area contributed by atoms with Gasteiger partial charge in [0.25, 0.3) is 0 Å². The molecule has 4 N–H and O–H groups in total. The summed E-state index contributed by atoms with van der Waals surface area (Å²) in [5.74, 6) is 0. The van der Waals surface area contributed by atoms with E-state index < -0.39 is 27.9 Å². The number of carbonyl (C=O) groups excluding carboxylic acids is 1. The molecule has 40 heavy (non-hydrogen) atoms. The summed E-state index contributed by atoms with van der Waals surface area (Å²) in [6.07, 6.45) is 15.1. The Labute approximate surface area is 241 Å². The summed E-state index contributed by atoms with van der Waals surface area (Å²) in [6, 6.07) is 0. The molecule has 2 bridgehead atoms. The lowest BCUT2D eigenvalue weighted by atomic mass is 9.40. The fraction of sp³-hybridized carbons (Fsp3) is 0.676. The lowest BCUT2D eigenvalue weighted by Gasteiger charge is -2.66. The van der Waals surface area contributed by atoms with Crippen LogP contribution in [-0.2, 0) is 9.53 Å². The van der Waals surface area contributed by atoms with E-state index in [4.69, 9.17) is 4.74 Å². The van der Waals surface area contributed by atoms with Crippen molar-refractivity contribution in [2.24, 2.45) is 16.2 Å². The average Bonchev–Trinajstić information content (AvgIpc) is 3.11. The first kappa shape index (κ1) is 32.7. The van der Waals surface area contributed by atoms with Crippen molar-refractivity contribution >= 4 is 6.29 Å². The fourth-order valence-electron chi connectivity index (χ4n) is 8.47. The maximum Gasteiger partial charge on any atom is 0.145 e. The van der Waals surface area contributed by atoms with Crippen LogP contribution in [-0.4, -0.2) is 64.8 Å². The number of aliphatic hydroxyl groups excluding tert-OH is 3. The summed E-state index contributed by atoms with van der Waals surface area (Å²) >= 11 is 0. The van der Waals surface area contributed by atoms with Gasteiger partial charge in [-0.05, 0) is 103 Å². The SMILES string of the molecule is C=C(/C=C/C=C(/COCCO)[C@]12CC[C@]3(CCCO)/C(=C(/C)C=O)CC[C@@](C)(O)[C@@]3(CC1)[C@@H]2O)CCC=C(C)C. The molecule has 3 aliphatic carbocycles. The third-order valence-corrected chi connectivity index (χ3v) is 10.4. The Bertz CT molecular complexity index is 1040. The Morgan fingerprint density at radius 2 is 1.82 bits per heavy atom. The zero-order valence-electron chi connectivity index (χ0n) is 25.2. The lowest BCUT2D eigenvalue weighted by molar-refractivity contribution is -0.231. The van der Waals surface area contributed by atoms with Crippen LogP contribution >= 0.6 is 0 Å². The van der Waals surface area contributed by atoms with E-state index in [-0.39, 0.29) is 26.4 Å². The number of aldehydes is 1. The first-order valence-electron chi connectivity index (χ1n) is 15.0. The molecule has 1 spiro atoms. The largest absolute Gasteiger partial charge is 0.396 e. The number of allylic oxidation sites excluding steroid dienone is 8. The van der Waals surface area contributed by atoms with Crippen LogP contribution < -0.4 is 0 Å². The Kier molecular flexibility index (Phi) is 11.0. The minimum atomic E-state index is -1.14. The second-order valence-corrected chi connectivity index (χ2v) is 12.8. The molecular weight excluding hydrogens is 504 g/mol. The van der Waals surface area contributed by atoms with Crippen molar-refractivity contribution < 1.29 is 30.0 Å². The molecule has 0 aromatic rings. The van der Waals surface area contributed by atoms with Crippen LogP contribution in [0.25, 0.3) is 0 Å². The van der Waals surface area contributed by atoms with Crippen molar-refractivity contribution in [2.45, 2.75) is 104 Å².